The zero-order valence-corrected chi connectivity index (χ0v) is 8.06. The van der Waals surface area contributed by atoms with E-state index in [1.165, 1.54) is 0 Å². The fourth-order valence-electron chi connectivity index (χ4n) is 1.82. The summed E-state index contributed by atoms with van der Waals surface area (Å²) in [6.07, 6.45) is -0.0620. The minimum atomic E-state index is -4.34. The van der Waals surface area contributed by atoms with E-state index in [0.29, 0.717) is 0 Å². The molecule has 1 aliphatic carbocycles. The lowest BCUT2D eigenvalue weighted by Gasteiger charge is -2.09. The predicted molar refractivity (Wildman–Crippen MR) is 49.5 cm³/mol. The van der Waals surface area contributed by atoms with Gasteiger partial charge in [-0.25, -0.2) is 0 Å². The monoisotopic (exact) mass is 219 g/mol. The normalized spacial score (nSPS) is 18.3. The van der Waals surface area contributed by atoms with Crippen LogP contribution in [0.25, 0.3) is 0 Å². The molecule has 0 spiro atoms. The molecule has 0 aliphatic heterocycles. The van der Waals surface area contributed by atoms with Crippen LogP contribution in [0.5, 0.6) is 0 Å². The Bertz CT molecular complexity index is 326. The van der Waals surface area contributed by atoms with E-state index in [1.807, 2.05) is 5.10 Å². The highest BCUT2D eigenvalue weighted by atomic mass is 19.4. The van der Waals surface area contributed by atoms with Gasteiger partial charge in [0.2, 0.25) is 0 Å². The largest absolute Gasteiger partial charge is 0.432 e. The van der Waals surface area contributed by atoms with E-state index in [9.17, 15) is 13.2 Å². The van der Waals surface area contributed by atoms with Crippen molar-refractivity contribution in [1.82, 2.24) is 10.2 Å². The SMILES string of the molecule is FC(F)(F)c1cc(NC2CCCC2)n[nH]1. The zero-order valence-electron chi connectivity index (χ0n) is 8.06. The van der Waals surface area contributed by atoms with Gasteiger partial charge in [-0.05, 0) is 12.8 Å². The maximum Gasteiger partial charge on any atom is 0.432 e. The van der Waals surface area contributed by atoms with Crippen molar-refractivity contribution in [3.8, 4) is 0 Å². The van der Waals surface area contributed by atoms with Crippen LogP contribution >= 0.6 is 0 Å². The van der Waals surface area contributed by atoms with Crippen LogP contribution in [0.4, 0.5) is 19.0 Å². The molecule has 0 radical (unpaired) electrons. The molecule has 15 heavy (non-hydrogen) atoms. The predicted octanol–water partition coefficient (Wildman–Crippen LogP) is 2.78. The fourth-order valence-corrected chi connectivity index (χ4v) is 1.82. The molecule has 0 amide bonds. The van der Waals surface area contributed by atoms with Gasteiger partial charge in [-0.3, -0.25) is 5.10 Å². The van der Waals surface area contributed by atoms with E-state index in [0.717, 1.165) is 31.7 Å². The summed E-state index contributed by atoms with van der Waals surface area (Å²) in [4.78, 5) is 0. The Morgan fingerprint density at radius 2 is 2.00 bits per heavy atom. The van der Waals surface area contributed by atoms with Crippen molar-refractivity contribution in [3.05, 3.63) is 11.8 Å². The summed E-state index contributed by atoms with van der Waals surface area (Å²) in [6, 6.07) is 1.28. The van der Waals surface area contributed by atoms with E-state index in [-0.39, 0.29) is 11.9 Å². The van der Waals surface area contributed by atoms with Crippen LogP contribution in [0.3, 0.4) is 0 Å². The number of nitrogens with one attached hydrogen (secondary N) is 2. The summed E-state index contributed by atoms with van der Waals surface area (Å²) in [7, 11) is 0. The van der Waals surface area contributed by atoms with Gasteiger partial charge in [0.25, 0.3) is 0 Å². The lowest BCUT2D eigenvalue weighted by atomic mass is 10.2. The third kappa shape index (κ3) is 2.43. The van der Waals surface area contributed by atoms with Crippen LogP contribution in [0, 0.1) is 0 Å². The van der Waals surface area contributed by atoms with Crippen molar-refractivity contribution in [3.63, 3.8) is 0 Å². The second-order valence-electron chi connectivity index (χ2n) is 3.79. The molecule has 1 aliphatic rings. The average molecular weight is 219 g/mol. The minimum Gasteiger partial charge on any atom is -0.366 e. The van der Waals surface area contributed by atoms with Gasteiger partial charge in [0.05, 0.1) is 0 Å². The smallest absolute Gasteiger partial charge is 0.366 e. The molecule has 3 nitrogen and oxygen atoms in total. The molecule has 2 rings (SSSR count). The summed E-state index contributed by atoms with van der Waals surface area (Å²) >= 11 is 0. The first kappa shape index (κ1) is 10.3. The number of hydrogen-bond donors (Lipinski definition) is 2. The first-order valence-electron chi connectivity index (χ1n) is 4.95. The molecule has 6 heteroatoms. The van der Waals surface area contributed by atoms with Crippen molar-refractivity contribution < 1.29 is 13.2 Å². The molecule has 0 unspecified atom stereocenters. The van der Waals surface area contributed by atoms with E-state index < -0.39 is 11.9 Å². The summed E-state index contributed by atoms with van der Waals surface area (Å²) in [5, 5.41) is 8.56. The number of anilines is 1. The highest BCUT2D eigenvalue weighted by Crippen LogP contribution is 2.29. The van der Waals surface area contributed by atoms with Gasteiger partial charge in [0.1, 0.15) is 11.5 Å². The standard InChI is InChI=1S/C9H12F3N3/c10-9(11,12)7-5-8(15-14-7)13-6-3-1-2-4-6/h5-6H,1-4H2,(H2,13,14,15). The lowest BCUT2D eigenvalue weighted by molar-refractivity contribution is -0.141. The number of halogens is 3. The Morgan fingerprint density at radius 3 is 2.53 bits per heavy atom. The van der Waals surface area contributed by atoms with Crippen molar-refractivity contribution in [2.75, 3.05) is 5.32 Å². The Hall–Kier alpha value is -1.20. The molecule has 1 aromatic heterocycles. The van der Waals surface area contributed by atoms with Crippen LogP contribution in [-0.2, 0) is 6.18 Å². The van der Waals surface area contributed by atoms with Crippen molar-refractivity contribution >= 4 is 5.82 Å². The maximum absolute atomic E-state index is 12.2. The highest BCUT2D eigenvalue weighted by Gasteiger charge is 2.33. The van der Waals surface area contributed by atoms with Crippen LogP contribution in [0.1, 0.15) is 31.4 Å². The molecule has 0 saturated heterocycles. The summed E-state index contributed by atoms with van der Waals surface area (Å²) in [6.45, 7) is 0. The van der Waals surface area contributed by atoms with Crippen molar-refractivity contribution in [2.45, 2.75) is 37.9 Å². The summed E-state index contributed by atoms with van der Waals surface area (Å²) in [5.74, 6) is 0.286. The Kier molecular flexibility index (Phi) is 2.58. The summed E-state index contributed by atoms with van der Waals surface area (Å²) in [5.41, 5.74) is -0.803. The Labute approximate surface area is 85.1 Å². The van der Waals surface area contributed by atoms with E-state index in [4.69, 9.17) is 0 Å². The lowest BCUT2D eigenvalue weighted by Crippen LogP contribution is -2.14. The van der Waals surface area contributed by atoms with Gasteiger partial charge in [0, 0.05) is 12.1 Å². The number of H-pyrrole nitrogens is 1. The third-order valence-electron chi connectivity index (χ3n) is 2.59. The van der Waals surface area contributed by atoms with Crippen LogP contribution in [-0.4, -0.2) is 16.2 Å². The van der Waals surface area contributed by atoms with E-state index in [1.54, 1.807) is 0 Å². The van der Waals surface area contributed by atoms with Crippen molar-refractivity contribution in [2.24, 2.45) is 0 Å². The Balaban J connectivity index is 2.00. The molecule has 2 N–H and O–H groups in total. The first-order valence-corrected chi connectivity index (χ1v) is 4.95. The maximum atomic E-state index is 12.2. The van der Waals surface area contributed by atoms with Crippen LogP contribution < -0.4 is 5.32 Å². The second-order valence-corrected chi connectivity index (χ2v) is 3.79. The van der Waals surface area contributed by atoms with Gasteiger partial charge in [-0.1, -0.05) is 12.8 Å². The number of aromatic nitrogens is 2. The summed E-state index contributed by atoms with van der Waals surface area (Å²) < 4.78 is 36.6. The number of aromatic amines is 1. The molecule has 0 bridgehead atoms. The molecule has 1 saturated carbocycles. The molecule has 1 fully saturated rings. The molecular formula is C9H12F3N3. The second kappa shape index (κ2) is 3.75. The molecule has 1 aromatic rings. The number of alkyl halides is 3. The Morgan fingerprint density at radius 1 is 1.33 bits per heavy atom. The van der Waals surface area contributed by atoms with Crippen LogP contribution in [0.15, 0.2) is 6.07 Å². The quantitative estimate of drug-likeness (QED) is 0.802. The minimum absolute atomic E-state index is 0.273. The molecule has 0 aromatic carbocycles. The first-order chi connectivity index (χ1) is 7.05. The fraction of sp³-hybridized carbons (Fsp3) is 0.667. The van der Waals surface area contributed by atoms with Gasteiger partial charge in [-0.15, -0.1) is 0 Å². The number of nitrogens with zero attached hydrogens (tertiary/aromatic N) is 1. The van der Waals surface area contributed by atoms with Gasteiger partial charge in [-0.2, -0.15) is 18.3 Å². The molecule has 1 heterocycles. The molecular weight excluding hydrogens is 207 g/mol. The zero-order chi connectivity index (χ0) is 10.9. The van der Waals surface area contributed by atoms with Crippen molar-refractivity contribution in [1.29, 1.82) is 0 Å². The van der Waals surface area contributed by atoms with E-state index in [2.05, 4.69) is 10.4 Å². The third-order valence-corrected chi connectivity index (χ3v) is 2.59. The molecule has 0 atom stereocenters. The van der Waals surface area contributed by atoms with Gasteiger partial charge < -0.3 is 5.32 Å². The van der Waals surface area contributed by atoms with E-state index >= 15 is 0 Å². The van der Waals surface area contributed by atoms with Crippen LogP contribution in [0.2, 0.25) is 0 Å². The van der Waals surface area contributed by atoms with Gasteiger partial charge >= 0.3 is 6.18 Å². The average Bonchev–Trinajstić information content (AvgIpc) is 2.73. The topological polar surface area (TPSA) is 40.7 Å². The number of rotatable bonds is 2. The molecule has 84 valence electrons. The number of hydrogen-bond acceptors (Lipinski definition) is 2. The highest BCUT2D eigenvalue weighted by molar-refractivity contribution is 5.37. The van der Waals surface area contributed by atoms with Gasteiger partial charge in [0.15, 0.2) is 0 Å².